The predicted octanol–water partition coefficient (Wildman–Crippen LogP) is 3.67. The third-order valence-corrected chi connectivity index (χ3v) is 4.80. The number of hydrogen-bond acceptors (Lipinski definition) is 2. The van der Waals surface area contributed by atoms with Crippen LogP contribution < -0.4 is 5.32 Å². The average Bonchev–Trinajstić information content (AvgIpc) is 2.77. The largest absolute Gasteiger partial charge is 0.478 e. The molecule has 4 heteroatoms. The molecule has 2 atom stereocenters. The third kappa shape index (κ3) is 3.80. The molecule has 0 aromatic heterocycles. The highest BCUT2D eigenvalue weighted by molar-refractivity contribution is 9.10. The van der Waals surface area contributed by atoms with Gasteiger partial charge in [-0.2, -0.15) is 0 Å². The molecule has 0 amide bonds. The minimum Gasteiger partial charge on any atom is -0.478 e. The van der Waals surface area contributed by atoms with Gasteiger partial charge in [-0.15, -0.1) is 0 Å². The van der Waals surface area contributed by atoms with Crippen molar-refractivity contribution in [3.63, 3.8) is 0 Å². The molecule has 0 aliphatic heterocycles. The van der Waals surface area contributed by atoms with Crippen LogP contribution in [0.2, 0.25) is 0 Å². The summed E-state index contributed by atoms with van der Waals surface area (Å²) in [6.07, 6.45) is 4.03. The number of hydrogen-bond donors (Lipinski definition) is 2. The molecular formula is C15H20BrNO2. The van der Waals surface area contributed by atoms with Gasteiger partial charge in [0.15, 0.2) is 0 Å². The van der Waals surface area contributed by atoms with Crippen molar-refractivity contribution in [3.8, 4) is 0 Å². The third-order valence-electron chi connectivity index (χ3n) is 4.06. The van der Waals surface area contributed by atoms with E-state index < -0.39 is 5.97 Å². The number of carbonyl (C=O) groups is 1. The van der Waals surface area contributed by atoms with E-state index in [-0.39, 0.29) is 0 Å². The van der Waals surface area contributed by atoms with Crippen molar-refractivity contribution in [2.75, 3.05) is 6.54 Å². The molecule has 2 N–H and O–H groups in total. The van der Waals surface area contributed by atoms with Crippen LogP contribution >= 0.6 is 15.9 Å². The normalized spacial score (nSPS) is 22.6. The highest BCUT2D eigenvalue weighted by Crippen LogP contribution is 2.30. The number of carboxylic acid groups (broad SMARTS) is 1. The first-order valence-corrected chi connectivity index (χ1v) is 7.59. The van der Waals surface area contributed by atoms with Crippen molar-refractivity contribution < 1.29 is 9.90 Å². The zero-order chi connectivity index (χ0) is 13.8. The Morgan fingerprint density at radius 2 is 2.26 bits per heavy atom. The Balaban J connectivity index is 1.87. The van der Waals surface area contributed by atoms with Crippen molar-refractivity contribution in [2.24, 2.45) is 11.8 Å². The van der Waals surface area contributed by atoms with Gasteiger partial charge in [0.1, 0.15) is 0 Å². The molecule has 1 fully saturated rings. The minimum absolute atomic E-state index is 0.319. The van der Waals surface area contributed by atoms with Crippen LogP contribution in [0.3, 0.4) is 0 Å². The lowest BCUT2D eigenvalue weighted by Gasteiger charge is -2.16. The number of carboxylic acids is 1. The van der Waals surface area contributed by atoms with Gasteiger partial charge in [-0.3, -0.25) is 0 Å². The highest BCUT2D eigenvalue weighted by atomic mass is 79.9. The fourth-order valence-corrected chi connectivity index (χ4v) is 3.26. The van der Waals surface area contributed by atoms with E-state index in [4.69, 9.17) is 5.11 Å². The second kappa shape index (κ2) is 6.53. The fourth-order valence-electron chi connectivity index (χ4n) is 2.74. The molecule has 0 bridgehead atoms. The maximum Gasteiger partial charge on any atom is 0.335 e. The lowest BCUT2D eigenvalue weighted by Crippen LogP contribution is -2.24. The Morgan fingerprint density at radius 1 is 1.47 bits per heavy atom. The summed E-state index contributed by atoms with van der Waals surface area (Å²) in [5.41, 5.74) is 1.43. The van der Waals surface area contributed by atoms with Crippen molar-refractivity contribution in [2.45, 2.75) is 32.7 Å². The monoisotopic (exact) mass is 325 g/mol. The fraction of sp³-hybridized carbons (Fsp3) is 0.533. The lowest BCUT2D eigenvalue weighted by molar-refractivity contribution is 0.0697. The molecule has 1 aromatic rings. The first kappa shape index (κ1) is 14.5. The summed E-state index contributed by atoms with van der Waals surface area (Å²) in [7, 11) is 0. The van der Waals surface area contributed by atoms with E-state index in [2.05, 4.69) is 28.2 Å². The van der Waals surface area contributed by atoms with E-state index in [1.165, 1.54) is 19.3 Å². The van der Waals surface area contributed by atoms with Gasteiger partial charge in [-0.1, -0.05) is 41.8 Å². The quantitative estimate of drug-likeness (QED) is 0.868. The molecular weight excluding hydrogens is 306 g/mol. The molecule has 1 aliphatic carbocycles. The molecule has 0 saturated heterocycles. The van der Waals surface area contributed by atoms with Crippen molar-refractivity contribution in [1.82, 2.24) is 5.32 Å². The van der Waals surface area contributed by atoms with Gasteiger partial charge >= 0.3 is 5.97 Å². The average molecular weight is 326 g/mol. The molecule has 104 valence electrons. The first-order chi connectivity index (χ1) is 9.08. The molecule has 2 unspecified atom stereocenters. The Kier molecular flexibility index (Phi) is 4.99. The second-order valence-electron chi connectivity index (χ2n) is 5.41. The number of benzene rings is 1. The first-order valence-electron chi connectivity index (χ1n) is 6.80. The molecule has 2 rings (SSSR count). The molecule has 19 heavy (non-hydrogen) atoms. The van der Waals surface area contributed by atoms with Gasteiger partial charge in [0.2, 0.25) is 0 Å². The summed E-state index contributed by atoms with van der Waals surface area (Å²) in [5.74, 6) is 0.724. The summed E-state index contributed by atoms with van der Waals surface area (Å²) >= 11 is 3.44. The van der Waals surface area contributed by atoms with Crippen molar-refractivity contribution >= 4 is 21.9 Å². The van der Waals surface area contributed by atoms with Gasteiger partial charge in [-0.25, -0.2) is 4.79 Å². The van der Waals surface area contributed by atoms with Crippen LogP contribution in [0, 0.1) is 11.8 Å². The smallest absolute Gasteiger partial charge is 0.335 e. The van der Waals surface area contributed by atoms with Crippen LogP contribution in [0.5, 0.6) is 0 Å². The van der Waals surface area contributed by atoms with Gasteiger partial charge in [-0.05, 0) is 42.5 Å². The van der Waals surface area contributed by atoms with Gasteiger partial charge in [0.05, 0.1) is 5.56 Å². The van der Waals surface area contributed by atoms with E-state index in [0.29, 0.717) is 5.56 Å². The highest BCUT2D eigenvalue weighted by Gasteiger charge is 2.22. The molecule has 1 saturated carbocycles. The predicted molar refractivity (Wildman–Crippen MR) is 79.3 cm³/mol. The number of rotatable bonds is 5. The maximum atomic E-state index is 10.9. The van der Waals surface area contributed by atoms with E-state index in [0.717, 1.165) is 35.0 Å². The Bertz CT molecular complexity index is 461. The zero-order valence-corrected chi connectivity index (χ0v) is 12.7. The van der Waals surface area contributed by atoms with Crippen LogP contribution in [0.4, 0.5) is 0 Å². The number of halogens is 1. The SMILES string of the molecule is CC1CCCC1CNCc1ccc(C(=O)O)cc1Br. The van der Waals surface area contributed by atoms with Crippen LogP contribution in [0.1, 0.15) is 42.1 Å². The van der Waals surface area contributed by atoms with E-state index in [1.54, 1.807) is 12.1 Å². The summed E-state index contributed by atoms with van der Waals surface area (Å²) in [5, 5.41) is 12.4. The molecule has 3 nitrogen and oxygen atoms in total. The number of aromatic carboxylic acids is 1. The molecule has 0 heterocycles. The summed E-state index contributed by atoms with van der Waals surface area (Å²) in [6, 6.07) is 5.19. The number of nitrogens with one attached hydrogen (secondary N) is 1. The minimum atomic E-state index is -0.889. The van der Waals surface area contributed by atoms with Crippen LogP contribution in [0.25, 0.3) is 0 Å². The van der Waals surface area contributed by atoms with Gasteiger partial charge < -0.3 is 10.4 Å². The molecule has 1 aliphatic rings. The lowest BCUT2D eigenvalue weighted by atomic mass is 9.98. The molecule has 1 aromatic carbocycles. The Morgan fingerprint density at radius 3 is 2.84 bits per heavy atom. The Hall–Kier alpha value is -0.870. The standard InChI is InChI=1S/C15H20BrNO2/c1-10-3-2-4-12(10)8-17-9-13-6-5-11(15(18)19)7-14(13)16/h5-7,10,12,17H,2-4,8-9H2,1H3,(H,18,19). The maximum absolute atomic E-state index is 10.9. The van der Waals surface area contributed by atoms with Crippen molar-refractivity contribution in [3.05, 3.63) is 33.8 Å². The van der Waals surface area contributed by atoms with E-state index in [9.17, 15) is 4.79 Å². The summed E-state index contributed by atoms with van der Waals surface area (Å²) in [4.78, 5) is 10.9. The Labute approximate surface area is 122 Å². The van der Waals surface area contributed by atoms with Crippen LogP contribution in [0.15, 0.2) is 22.7 Å². The topological polar surface area (TPSA) is 49.3 Å². The van der Waals surface area contributed by atoms with Gasteiger partial charge in [0.25, 0.3) is 0 Å². The van der Waals surface area contributed by atoms with Crippen LogP contribution in [-0.4, -0.2) is 17.6 Å². The van der Waals surface area contributed by atoms with Gasteiger partial charge in [0, 0.05) is 11.0 Å². The molecule has 0 spiro atoms. The van der Waals surface area contributed by atoms with Crippen molar-refractivity contribution in [1.29, 1.82) is 0 Å². The zero-order valence-electron chi connectivity index (χ0n) is 11.2. The summed E-state index contributed by atoms with van der Waals surface area (Å²) < 4.78 is 0.861. The summed E-state index contributed by atoms with van der Waals surface area (Å²) in [6.45, 7) is 4.16. The van der Waals surface area contributed by atoms with E-state index >= 15 is 0 Å². The second-order valence-corrected chi connectivity index (χ2v) is 6.26. The molecule has 0 radical (unpaired) electrons. The van der Waals surface area contributed by atoms with Crippen LogP contribution in [-0.2, 0) is 6.54 Å². The van der Waals surface area contributed by atoms with E-state index in [1.807, 2.05) is 6.07 Å².